The fourth-order valence-electron chi connectivity index (χ4n) is 0.830. The summed E-state index contributed by atoms with van der Waals surface area (Å²) in [7, 11) is 0. The number of hydrogen-bond acceptors (Lipinski definition) is 1. The van der Waals surface area contributed by atoms with Crippen LogP contribution in [0.2, 0.25) is 0 Å². The van der Waals surface area contributed by atoms with Crippen molar-refractivity contribution in [2.24, 2.45) is 0 Å². The molecule has 1 aromatic rings. The van der Waals surface area contributed by atoms with E-state index >= 15 is 0 Å². The van der Waals surface area contributed by atoms with Crippen molar-refractivity contribution in [3.05, 3.63) is 18.7 Å². The van der Waals surface area contributed by atoms with Crippen LogP contribution < -0.4 is 0 Å². The third-order valence-corrected chi connectivity index (χ3v) is 1.66. The minimum atomic E-state index is -5.48. The summed E-state index contributed by atoms with van der Waals surface area (Å²) in [5.41, 5.74) is 0. The van der Waals surface area contributed by atoms with Gasteiger partial charge < -0.3 is 4.57 Å². The molecular weight excluding hydrogens is 207 g/mol. The minimum absolute atomic E-state index is 0.410. The molecule has 0 aromatic carbocycles. The summed E-state index contributed by atoms with van der Waals surface area (Å²) in [6, 6.07) is 0. The highest BCUT2D eigenvalue weighted by molar-refractivity contribution is 4.79. The molecule has 0 aliphatic rings. The van der Waals surface area contributed by atoms with Crippen molar-refractivity contribution in [3.63, 3.8) is 0 Å². The molecule has 2 nitrogen and oxygen atoms in total. The third kappa shape index (κ3) is 2.43. The zero-order chi connectivity index (χ0) is 10.8. The Morgan fingerprint density at radius 1 is 1.14 bits per heavy atom. The molecule has 0 aliphatic heterocycles. The maximum atomic E-state index is 12.4. The van der Waals surface area contributed by atoms with E-state index in [1.807, 2.05) is 0 Å². The highest BCUT2D eigenvalue weighted by Gasteiger charge is 2.56. The van der Waals surface area contributed by atoms with Crippen molar-refractivity contribution in [3.8, 4) is 0 Å². The van der Waals surface area contributed by atoms with Gasteiger partial charge in [-0.1, -0.05) is 0 Å². The second-order valence-electron chi connectivity index (χ2n) is 2.75. The van der Waals surface area contributed by atoms with E-state index in [2.05, 4.69) is 4.98 Å². The van der Waals surface area contributed by atoms with Crippen molar-refractivity contribution >= 4 is 0 Å². The van der Waals surface area contributed by atoms with Gasteiger partial charge in [0.15, 0.2) is 0 Å². The van der Waals surface area contributed by atoms with Crippen LogP contribution in [0.1, 0.15) is 6.42 Å². The molecule has 7 heteroatoms. The minimum Gasteiger partial charge on any atom is -0.337 e. The van der Waals surface area contributed by atoms with Crippen LogP contribution in [-0.4, -0.2) is 21.6 Å². The van der Waals surface area contributed by atoms with Gasteiger partial charge in [-0.15, -0.1) is 0 Å². The first-order valence-electron chi connectivity index (χ1n) is 3.73. The lowest BCUT2D eigenvalue weighted by Crippen LogP contribution is -2.37. The molecule has 0 radical (unpaired) electrons. The van der Waals surface area contributed by atoms with Crippen LogP contribution in [0, 0.1) is 0 Å². The second-order valence-corrected chi connectivity index (χ2v) is 2.75. The Morgan fingerprint density at radius 2 is 1.79 bits per heavy atom. The van der Waals surface area contributed by atoms with Crippen molar-refractivity contribution < 1.29 is 22.0 Å². The molecule has 0 amide bonds. The second kappa shape index (κ2) is 3.55. The predicted molar refractivity (Wildman–Crippen MR) is 37.8 cm³/mol. The van der Waals surface area contributed by atoms with Crippen LogP contribution in [-0.2, 0) is 6.54 Å². The van der Waals surface area contributed by atoms with Crippen LogP contribution in [0.3, 0.4) is 0 Å². The largest absolute Gasteiger partial charge is 0.453 e. The molecule has 0 atom stereocenters. The molecule has 1 rings (SSSR count). The molecule has 0 spiro atoms. The summed E-state index contributed by atoms with van der Waals surface area (Å²) in [5, 5.41) is 0. The van der Waals surface area contributed by atoms with Crippen LogP contribution in [0.5, 0.6) is 0 Å². The van der Waals surface area contributed by atoms with Gasteiger partial charge in [-0.25, -0.2) is 4.98 Å². The van der Waals surface area contributed by atoms with Gasteiger partial charge in [-0.05, 0) is 0 Å². The standard InChI is InChI=1S/C7H7F5N2/c8-6(9,7(10,11)12)1-3-14-4-2-13-5-14/h2,4-5H,1,3H2. The van der Waals surface area contributed by atoms with Gasteiger partial charge in [0.2, 0.25) is 0 Å². The van der Waals surface area contributed by atoms with E-state index in [0.29, 0.717) is 0 Å². The third-order valence-electron chi connectivity index (χ3n) is 1.66. The average Bonchev–Trinajstić information content (AvgIpc) is 2.50. The van der Waals surface area contributed by atoms with Gasteiger partial charge in [0.1, 0.15) is 0 Å². The zero-order valence-corrected chi connectivity index (χ0v) is 6.93. The van der Waals surface area contributed by atoms with Crippen LogP contribution >= 0.6 is 0 Å². The first-order chi connectivity index (χ1) is 6.33. The highest BCUT2D eigenvalue weighted by atomic mass is 19.4. The lowest BCUT2D eigenvalue weighted by Gasteiger charge is -2.19. The Balaban J connectivity index is 2.53. The molecule has 14 heavy (non-hydrogen) atoms. The van der Waals surface area contributed by atoms with Crippen molar-refractivity contribution in [1.29, 1.82) is 0 Å². The molecule has 0 fully saturated rings. The molecular formula is C7H7F5N2. The van der Waals surface area contributed by atoms with Gasteiger partial charge in [0.05, 0.1) is 6.33 Å². The summed E-state index contributed by atoms with van der Waals surface area (Å²) in [5.74, 6) is -4.64. The number of imidazole rings is 1. The number of hydrogen-bond donors (Lipinski definition) is 0. The van der Waals surface area contributed by atoms with Crippen LogP contribution in [0.4, 0.5) is 22.0 Å². The first-order valence-corrected chi connectivity index (χ1v) is 3.73. The molecule has 0 bridgehead atoms. The quantitative estimate of drug-likeness (QED) is 0.706. The van der Waals surface area contributed by atoms with Crippen molar-refractivity contribution in [2.45, 2.75) is 25.1 Å². The van der Waals surface area contributed by atoms with E-state index in [0.717, 1.165) is 0 Å². The van der Waals surface area contributed by atoms with E-state index in [1.165, 1.54) is 23.3 Å². The summed E-state index contributed by atoms with van der Waals surface area (Å²) in [6.07, 6.45) is -2.93. The van der Waals surface area contributed by atoms with E-state index in [4.69, 9.17) is 0 Å². The average molecular weight is 214 g/mol. The number of rotatable bonds is 3. The number of nitrogens with zero attached hydrogens (tertiary/aromatic N) is 2. The van der Waals surface area contributed by atoms with E-state index < -0.39 is 25.1 Å². The van der Waals surface area contributed by atoms with Crippen molar-refractivity contribution in [1.82, 2.24) is 9.55 Å². The lowest BCUT2D eigenvalue weighted by atomic mass is 10.2. The highest BCUT2D eigenvalue weighted by Crippen LogP contribution is 2.38. The molecule has 1 aromatic heterocycles. The van der Waals surface area contributed by atoms with Crippen LogP contribution in [0.15, 0.2) is 18.7 Å². The Kier molecular flexibility index (Phi) is 2.77. The molecule has 0 saturated heterocycles. The Bertz CT molecular complexity index is 277. The maximum absolute atomic E-state index is 12.4. The predicted octanol–water partition coefficient (Wildman–Crippen LogP) is 2.47. The summed E-state index contributed by atoms with van der Waals surface area (Å²) in [4.78, 5) is 3.52. The maximum Gasteiger partial charge on any atom is 0.453 e. The molecule has 80 valence electrons. The SMILES string of the molecule is FC(F)(F)C(F)(F)CCn1ccnc1. The van der Waals surface area contributed by atoms with Gasteiger partial charge >= 0.3 is 12.1 Å². The van der Waals surface area contributed by atoms with Gasteiger partial charge in [0, 0.05) is 25.4 Å². The number of halogens is 5. The van der Waals surface area contributed by atoms with Crippen LogP contribution in [0.25, 0.3) is 0 Å². The molecule has 0 unspecified atom stereocenters. The summed E-state index contributed by atoms with van der Waals surface area (Å²) in [6.45, 7) is -0.410. The number of alkyl halides is 5. The number of aromatic nitrogens is 2. The topological polar surface area (TPSA) is 17.8 Å². The normalized spacial score (nSPS) is 13.2. The van der Waals surface area contributed by atoms with Gasteiger partial charge in [-0.2, -0.15) is 22.0 Å². The first kappa shape index (κ1) is 10.9. The fraction of sp³-hybridized carbons (Fsp3) is 0.571. The molecule has 0 saturated carbocycles. The molecule has 0 aliphatic carbocycles. The molecule has 1 heterocycles. The lowest BCUT2D eigenvalue weighted by molar-refractivity contribution is -0.285. The summed E-state index contributed by atoms with van der Waals surface area (Å²) < 4.78 is 61.0. The fourth-order valence-corrected chi connectivity index (χ4v) is 0.830. The smallest absolute Gasteiger partial charge is 0.337 e. The number of aryl methyl sites for hydroxylation is 1. The van der Waals surface area contributed by atoms with E-state index in [1.54, 1.807) is 0 Å². The van der Waals surface area contributed by atoms with Gasteiger partial charge in [0.25, 0.3) is 0 Å². The summed E-state index contributed by atoms with van der Waals surface area (Å²) >= 11 is 0. The van der Waals surface area contributed by atoms with Gasteiger partial charge in [-0.3, -0.25) is 0 Å². The van der Waals surface area contributed by atoms with E-state index in [-0.39, 0.29) is 0 Å². The molecule has 0 N–H and O–H groups in total. The Hall–Kier alpha value is -1.14. The zero-order valence-electron chi connectivity index (χ0n) is 6.93. The monoisotopic (exact) mass is 214 g/mol. The Labute approximate surface area is 76.4 Å². The van der Waals surface area contributed by atoms with E-state index in [9.17, 15) is 22.0 Å². The Morgan fingerprint density at radius 3 is 2.21 bits per heavy atom. The van der Waals surface area contributed by atoms with Crippen molar-refractivity contribution in [2.75, 3.05) is 0 Å².